The van der Waals surface area contributed by atoms with E-state index in [1.807, 2.05) is 16.7 Å². The predicted octanol–water partition coefficient (Wildman–Crippen LogP) is 1.17. The molecule has 3 heterocycles. The highest BCUT2D eigenvalue weighted by molar-refractivity contribution is 7.99. The molecule has 3 fully saturated rings. The molecule has 138 valence electrons. The molecule has 0 aromatic rings. The highest BCUT2D eigenvalue weighted by Gasteiger charge is 2.37. The van der Waals surface area contributed by atoms with E-state index in [0.29, 0.717) is 19.6 Å². The highest BCUT2D eigenvalue weighted by Crippen LogP contribution is 2.28. The minimum Gasteiger partial charge on any atom is -0.376 e. The molecular formula is C16H28N2O4S2. The molecule has 0 spiro atoms. The lowest BCUT2D eigenvalue weighted by atomic mass is 9.96. The molecule has 0 N–H and O–H groups in total. The summed E-state index contributed by atoms with van der Waals surface area (Å²) in [6, 6.07) is 0.278. The number of carbonyl (C=O) groups excluding carboxylic acids is 1. The van der Waals surface area contributed by atoms with Crippen LogP contribution in [-0.2, 0) is 19.6 Å². The first-order chi connectivity index (χ1) is 11.4. The quantitative estimate of drug-likeness (QED) is 0.721. The number of hydrogen-bond donors (Lipinski definition) is 0. The fraction of sp³-hybridized carbons (Fsp3) is 0.938. The summed E-state index contributed by atoms with van der Waals surface area (Å²) < 4.78 is 30.9. The molecule has 3 atom stereocenters. The molecule has 8 heteroatoms. The van der Waals surface area contributed by atoms with E-state index in [1.165, 1.54) is 10.6 Å². The Bertz CT molecular complexity index is 542. The maximum atomic E-state index is 13.2. The van der Waals surface area contributed by atoms with E-state index >= 15 is 0 Å². The van der Waals surface area contributed by atoms with Crippen molar-refractivity contribution < 1.29 is 17.9 Å². The molecule has 0 bridgehead atoms. The fourth-order valence-corrected chi connectivity index (χ4v) is 6.01. The van der Waals surface area contributed by atoms with Gasteiger partial charge in [0.15, 0.2) is 0 Å². The van der Waals surface area contributed by atoms with Gasteiger partial charge < -0.3 is 9.64 Å². The standard InChI is InChI=1S/C16H28N2O4S2/c1-24(20,21)17-7-2-4-13(10-17)16(19)18(14-6-9-23-12-14)11-15-5-3-8-22-15/h13-15H,2-12H2,1H3. The molecule has 0 aromatic carbocycles. The van der Waals surface area contributed by atoms with E-state index in [1.54, 1.807) is 0 Å². The first-order valence-corrected chi connectivity index (χ1v) is 11.9. The Labute approximate surface area is 149 Å². The van der Waals surface area contributed by atoms with Crippen LogP contribution >= 0.6 is 11.8 Å². The maximum absolute atomic E-state index is 13.2. The van der Waals surface area contributed by atoms with Crippen LogP contribution in [0.3, 0.4) is 0 Å². The van der Waals surface area contributed by atoms with Gasteiger partial charge >= 0.3 is 0 Å². The van der Waals surface area contributed by atoms with E-state index in [9.17, 15) is 13.2 Å². The Morgan fingerprint density at radius 2 is 2.12 bits per heavy atom. The zero-order valence-electron chi connectivity index (χ0n) is 14.4. The number of amides is 1. The first kappa shape index (κ1) is 18.5. The summed E-state index contributed by atoms with van der Waals surface area (Å²) in [6.07, 6.45) is 6.04. The Morgan fingerprint density at radius 1 is 1.29 bits per heavy atom. The molecular weight excluding hydrogens is 348 g/mol. The van der Waals surface area contributed by atoms with Crippen molar-refractivity contribution in [2.45, 2.75) is 44.2 Å². The normalized spacial score (nSPS) is 32.1. The van der Waals surface area contributed by atoms with Crippen molar-refractivity contribution in [2.24, 2.45) is 5.92 Å². The van der Waals surface area contributed by atoms with E-state index in [4.69, 9.17) is 4.74 Å². The van der Waals surface area contributed by atoms with Crippen LogP contribution in [-0.4, -0.2) is 79.7 Å². The number of piperidine rings is 1. The van der Waals surface area contributed by atoms with Gasteiger partial charge in [0.2, 0.25) is 15.9 Å². The van der Waals surface area contributed by atoms with E-state index in [2.05, 4.69) is 0 Å². The van der Waals surface area contributed by atoms with Crippen LogP contribution in [0.2, 0.25) is 0 Å². The van der Waals surface area contributed by atoms with Gasteiger partial charge in [-0.1, -0.05) is 0 Å². The molecule has 3 saturated heterocycles. The SMILES string of the molecule is CS(=O)(=O)N1CCCC(C(=O)N(CC2CCCO2)C2CCSC2)C1. The summed E-state index contributed by atoms with van der Waals surface area (Å²) in [5, 5.41) is 0. The molecule has 0 aromatic heterocycles. The summed E-state index contributed by atoms with van der Waals surface area (Å²) in [7, 11) is -3.23. The van der Waals surface area contributed by atoms with Gasteiger partial charge in [-0.3, -0.25) is 4.79 Å². The molecule has 0 radical (unpaired) electrons. The van der Waals surface area contributed by atoms with Gasteiger partial charge in [-0.05, 0) is 37.9 Å². The predicted molar refractivity (Wildman–Crippen MR) is 95.6 cm³/mol. The second-order valence-electron chi connectivity index (χ2n) is 7.10. The third kappa shape index (κ3) is 4.45. The summed E-state index contributed by atoms with van der Waals surface area (Å²) in [5.74, 6) is 2.01. The topological polar surface area (TPSA) is 66.9 Å². The monoisotopic (exact) mass is 376 g/mol. The van der Waals surface area contributed by atoms with E-state index in [-0.39, 0.29) is 24.0 Å². The number of nitrogens with zero attached hydrogens (tertiary/aromatic N) is 2. The van der Waals surface area contributed by atoms with Crippen molar-refractivity contribution in [1.82, 2.24) is 9.21 Å². The summed E-state index contributed by atoms with van der Waals surface area (Å²) in [6.45, 7) is 2.32. The second kappa shape index (κ2) is 7.93. The average Bonchev–Trinajstić information content (AvgIpc) is 3.24. The molecule has 1 amide bonds. The molecule has 6 nitrogen and oxygen atoms in total. The molecule has 3 unspecified atom stereocenters. The molecule has 3 aliphatic rings. The van der Waals surface area contributed by atoms with Crippen molar-refractivity contribution in [2.75, 3.05) is 44.0 Å². The lowest BCUT2D eigenvalue weighted by molar-refractivity contribution is -0.140. The number of sulfonamides is 1. The van der Waals surface area contributed by atoms with Crippen LogP contribution in [0.25, 0.3) is 0 Å². The van der Waals surface area contributed by atoms with Crippen LogP contribution in [0, 0.1) is 5.92 Å². The Hall–Kier alpha value is -0.310. The van der Waals surface area contributed by atoms with Gasteiger partial charge in [-0.15, -0.1) is 0 Å². The molecule has 3 aliphatic heterocycles. The van der Waals surface area contributed by atoms with E-state index < -0.39 is 10.0 Å². The lowest BCUT2D eigenvalue weighted by Gasteiger charge is -2.37. The van der Waals surface area contributed by atoms with Gasteiger partial charge in [0.1, 0.15) is 0 Å². The van der Waals surface area contributed by atoms with Gasteiger partial charge in [0, 0.05) is 38.0 Å². The zero-order chi connectivity index (χ0) is 17.2. The first-order valence-electron chi connectivity index (χ1n) is 8.90. The third-order valence-corrected chi connectivity index (χ3v) is 7.67. The van der Waals surface area contributed by atoms with Crippen LogP contribution in [0.1, 0.15) is 32.1 Å². The summed E-state index contributed by atoms with van der Waals surface area (Å²) >= 11 is 1.90. The van der Waals surface area contributed by atoms with Gasteiger partial charge in [-0.2, -0.15) is 11.8 Å². The number of ether oxygens (including phenoxy) is 1. The van der Waals surface area contributed by atoms with Crippen molar-refractivity contribution in [3.8, 4) is 0 Å². The summed E-state index contributed by atoms with van der Waals surface area (Å²) in [5.41, 5.74) is 0. The van der Waals surface area contributed by atoms with Crippen molar-refractivity contribution in [3.05, 3.63) is 0 Å². The smallest absolute Gasteiger partial charge is 0.227 e. The fourth-order valence-electron chi connectivity index (χ4n) is 3.87. The van der Waals surface area contributed by atoms with Crippen LogP contribution in [0.4, 0.5) is 0 Å². The molecule has 0 aliphatic carbocycles. The number of rotatable bonds is 5. The van der Waals surface area contributed by atoms with E-state index in [0.717, 1.165) is 50.2 Å². The molecule has 0 saturated carbocycles. The van der Waals surface area contributed by atoms with Crippen molar-refractivity contribution in [3.63, 3.8) is 0 Å². The Balaban J connectivity index is 1.69. The van der Waals surface area contributed by atoms with Gasteiger partial charge in [0.25, 0.3) is 0 Å². The zero-order valence-corrected chi connectivity index (χ0v) is 16.0. The number of carbonyl (C=O) groups is 1. The van der Waals surface area contributed by atoms with Crippen LogP contribution < -0.4 is 0 Å². The van der Waals surface area contributed by atoms with Crippen LogP contribution in [0.15, 0.2) is 0 Å². The molecule has 24 heavy (non-hydrogen) atoms. The highest BCUT2D eigenvalue weighted by atomic mass is 32.2. The minimum atomic E-state index is -3.23. The Morgan fingerprint density at radius 3 is 2.75 bits per heavy atom. The van der Waals surface area contributed by atoms with Crippen molar-refractivity contribution in [1.29, 1.82) is 0 Å². The summed E-state index contributed by atoms with van der Waals surface area (Å²) in [4.78, 5) is 15.2. The minimum absolute atomic E-state index is 0.131. The average molecular weight is 377 g/mol. The number of hydrogen-bond acceptors (Lipinski definition) is 5. The number of thioether (sulfide) groups is 1. The second-order valence-corrected chi connectivity index (χ2v) is 10.2. The van der Waals surface area contributed by atoms with Crippen LogP contribution in [0.5, 0.6) is 0 Å². The molecule has 3 rings (SSSR count). The lowest BCUT2D eigenvalue weighted by Crippen LogP contribution is -2.51. The third-order valence-electron chi connectivity index (χ3n) is 5.26. The maximum Gasteiger partial charge on any atom is 0.227 e. The largest absolute Gasteiger partial charge is 0.376 e. The Kier molecular flexibility index (Phi) is 6.11. The van der Waals surface area contributed by atoms with Gasteiger partial charge in [0.05, 0.1) is 18.3 Å². The van der Waals surface area contributed by atoms with Gasteiger partial charge in [-0.25, -0.2) is 12.7 Å². The van der Waals surface area contributed by atoms with Crippen molar-refractivity contribution >= 4 is 27.7 Å².